The quantitative estimate of drug-likeness (QED) is 0.181. The molecule has 0 aliphatic rings. The van der Waals surface area contributed by atoms with Gasteiger partial charge in [-0.15, -0.1) is 0 Å². The number of hydrogen-bond acceptors (Lipinski definition) is 3. The molecular weight excluding hydrogens is 280 g/mol. The van der Waals surface area contributed by atoms with Gasteiger partial charge in [0.15, 0.2) is 0 Å². The Morgan fingerprint density at radius 1 is 0.905 bits per heavy atom. The fraction of sp³-hybridized carbons (Fsp3) is 0.833. The normalized spacial score (nSPS) is 11.1. The van der Waals surface area contributed by atoms with Crippen LogP contribution in [0.5, 0.6) is 0 Å². The zero-order valence-corrected chi connectivity index (χ0v) is 14.7. The summed E-state index contributed by atoms with van der Waals surface area (Å²) < 4.78 is 4.98. The van der Waals surface area contributed by atoms with Gasteiger partial charge in [-0.1, -0.05) is 64.0 Å². The Balaban J connectivity index is 3.12. The van der Waals surface area contributed by atoms with Crippen LogP contribution in [0, 0.1) is 0 Å². The first-order chi connectivity index (χ1) is 10.3. The zero-order chi connectivity index (χ0) is 15.6. The fourth-order valence-corrected chi connectivity index (χ4v) is 2.30. The van der Waals surface area contributed by atoms with Crippen LogP contribution in [0.2, 0.25) is 0 Å². The fourth-order valence-electron chi connectivity index (χ4n) is 2.20. The van der Waals surface area contributed by atoms with Gasteiger partial charge in [0.25, 0.3) is 0 Å². The van der Waals surface area contributed by atoms with Gasteiger partial charge in [0.05, 0.1) is 0 Å². The summed E-state index contributed by atoms with van der Waals surface area (Å²) in [5, 5.41) is 0. The van der Waals surface area contributed by atoms with Crippen molar-refractivity contribution in [1.82, 2.24) is 0 Å². The Kier molecular flexibility index (Phi) is 17.2. The smallest absolute Gasteiger partial charge is 0.305 e. The van der Waals surface area contributed by atoms with Crippen molar-refractivity contribution >= 4 is 18.6 Å². The Hall–Kier alpha value is -0.440. The SMILES string of the molecule is CCCC/C=C/CCCCCCCCCC(=O)OCCS. The van der Waals surface area contributed by atoms with Gasteiger partial charge in [-0.3, -0.25) is 4.79 Å². The number of esters is 1. The average molecular weight is 315 g/mol. The summed E-state index contributed by atoms with van der Waals surface area (Å²) in [6.45, 7) is 2.67. The molecule has 0 aromatic carbocycles. The highest BCUT2D eigenvalue weighted by Crippen LogP contribution is 2.10. The summed E-state index contributed by atoms with van der Waals surface area (Å²) in [6, 6.07) is 0. The maximum atomic E-state index is 11.2. The summed E-state index contributed by atoms with van der Waals surface area (Å²) >= 11 is 4.01. The molecular formula is C18H34O2S. The van der Waals surface area contributed by atoms with Gasteiger partial charge in [-0.05, 0) is 25.7 Å². The molecule has 2 nitrogen and oxygen atoms in total. The van der Waals surface area contributed by atoms with E-state index in [4.69, 9.17) is 4.74 Å². The van der Waals surface area contributed by atoms with Crippen LogP contribution in [0.3, 0.4) is 0 Å². The van der Waals surface area contributed by atoms with Crippen molar-refractivity contribution in [2.24, 2.45) is 0 Å². The van der Waals surface area contributed by atoms with E-state index in [1.807, 2.05) is 0 Å². The summed E-state index contributed by atoms with van der Waals surface area (Å²) in [7, 11) is 0. The summed E-state index contributed by atoms with van der Waals surface area (Å²) in [4.78, 5) is 11.2. The molecule has 0 saturated heterocycles. The van der Waals surface area contributed by atoms with Gasteiger partial charge in [-0.2, -0.15) is 12.6 Å². The molecule has 124 valence electrons. The van der Waals surface area contributed by atoms with Crippen LogP contribution in [-0.4, -0.2) is 18.3 Å². The Labute approximate surface area is 137 Å². The lowest BCUT2D eigenvalue weighted by Gasteiger charge is -2.03. The van der Waals surface area contributed by atoms with Crippen LogP contribution >= 0.6 is 12.6 Å². The summed E-state index contributed by atoms with van der Waals surface area (Å²) in [5.74, 6) is 0.540. The second kappa shape index (κ2) is 17.6. The first-order valence-electron chi connectivity index (χ1n) is 8.72. The monoisotopic (exact) mass is 314 g/mol. The molecule has 0 aliphatic heterocycles. The first-order valence-corrected chi connectivity index (χ1v) is 9.36. The molecule has 0 rings (SSSR count). The van der Waals surface area contributed by atoms with Crippen LogP contribution in [0.4, 0.5) is 0 Å². The molecule has 0 aliphatic carbocycles. The van der Waals surface area contributed by atoms with Gasteiger partial charge in [0.2, 0.25) is 0 Å². The average Bonchev–Trinajstić information content (AvgIpc) is 2.49. The van der Waals surface area contributed by atoms with E-state index in [-0.39, 0.29) is 5.97 Å². The van der Waals surface area contributed by atoms with Crippen molar-refractivity contribution in [2.45, 2.75) is 84.0 Å². The first kappa shape index (κ1) is 20.6. The van der Waals surface area contributed by atoms with E-state index in [0.29, 0.717) is 18.8 Å². The number of hydrogen-bond donors (Lipinski definition) is 1. The third-order valence-electron chi connectivity index (χ3n) is 3.50. The van der Waals surface area contributed by atoms with Crippen LogP contribution in [0.1, 0.15) is 84.0 Å². The number of unbranched alkanes of at least 4 members (excludes halogenated alkanes) is 9. The van der Waals surface area contributed by atoms with Crippen LogP contribution in [0.15, 0.2) is 12.2 Å². The number of rotatable bonds is 15. The molecule has 0 unspecified atom stereocenters. The minimum atomic E-state index is -0.0705. The van der Waals surface area contributed by atoms with E-state index in [1.54, 1.807) is 0 Å². The number of allylic oxidation sites excluding steroid dienone is 2. The molecule has 0 heterocycles. The lowest BCUT2D eigenvalue weighted by molar-refractivity contribution is -0.143. The van der Waals surface area contributed by atoms with Crippen LogP contribution in [0.25, 0.3) is 0 Å². The largest absolute Gasteiger partial charge is 0.465 e. The number of carbonyl (C=O) groups excluding carboxylic acids is 1. The molecule has 0 spiro atoms. The minimum absolute atomic E-state index is 0.0705. The van der Waals surface area contributed by atoms with Crippen LogP contribution in [-0.2, 0) is 9.53 Å². The topological polar surface area (TPSA) is 26.3 Å². The molecule has 0 saturated carbocycles. The van der Waals surface area contributed by atoms with Crippen molar-refractivity contribution in [3.63, 3.8) is 0 Å². The Bertz CT molecular complexity index is 252. The van der Waals surface area contributed by atoms with E-state index in [0.717, 1.165) is 12.8 Å². The molecule has 0 aromatic heterocycles. The number of ether oxygens (including phenoxy) is 1. The summed E-state index contributed by atoms with van der Waals surface area (Å²) in [6.07, 6.45) is 19.0. The van der Waals surface area contributed by atoms with Crippen molar-refractivity contribution in [3.8, 4) is 0 Å². The van der Waals surface area contributed by atoms with Gasteiger partial charge in [0, 0.05) is 12.2 Å². The third kappa shape index (κ3) is 17.5. The third-order valence-corrected chi connectivity index (χ3v) is 3.68. The molecule has 0 aromatic rings. The van der Waals surface area contributed by atoms with Crippen molar-refractivity contribution < 1.29 is 9.53 Å². The second-order valence-corrected chi connectivity index (χ2v) is 6.02. The van der Waals surface area contributed by atoms with Crippen LogP contribution < -0.4 is 0 Å². The standard InChI is InChI=1S/C18H34O2S/c1-2-3-4-5-6-7-8-9-10-11-12-13-14-15-18(19)20-16-17-21/h5-6,21H,2-4,7-17H2,1H3/b6-5+. The minimum Gasteiger partial charge on any atom is -0.465 e. The van der Waals surface area contributed by atoms with Gasteiger partial charge >= 0.3 is 5.97 Å². The Morgan fingerprint density at radius 2 is 1.48 bits per heavy atom. The highest BCUT2D eigenvalue weighted by molar-refractivity contribution is 7.80. The maximum Gasteiger partial charge on any atom is 0.305 e. The molecule has 0 atom stereocenters. The molecule has 0 bridgehead atoms. The van der Waals surface area contributed by atoms with Gasteiger partial charge in [0.1, 0.15) is 6.61 Å². The molecule has 0 fully saturated rings. The molecule has 3 heteroatoms. The van der Waals surface area contributed by atoms with E-state index in [1.165, 1.54) is 57.8 Å². The lowest BCUT2D eigenvalue weighted by Crippen LogP contribution is -2.06. The van der Waals surface area contributed by atoms with E-state index < -0.39 is 0 Å². The number of thiol groups is 1. The Morgan fingerprint density at radius 3 is 2.10 bits per heavy atom. The summed E-state index contributed by atoms with van der Waals surface area (Å²) in [5.41, 5.74) is 0. The van der Waals surface area contributed by atoms with Crippen molar-refractivity contribution in [1.29, 1.82) is 0 Å². The van der Waals surface area contributed by atoms with Crippen molar-refractivity contribution in [3.05, 3.63) is 12.2 Å². The zero-order valence-electron chi connectivity index (χ0n) is 13.8. The predicted molar refractivity (Wildman–Crippen MR) is 95.0 cm³/mol. The van der Waals surface area contributed by atoms with Crippen molar-refractivity contribution in [2.75, 3.05) is 12.4 Å². The molecule has 0 amide bonds. The number of carbonyl (C=O) groups is 1. The second-order valence-electron chi connectivity index (χ2n) is 5.57. The van der Waals surface area contributed by atoms with Gasteiger partial charge in [-0.25, -0.2) is 0 Å². The lowest BCUT2D eigenvalue weighted by atomic mass is 10.1. The highest BCUT2D eigenvalue weighted by atomic mass is 32.1. The molecule has 0 radical (unpaired) electrons. The van der Waals surface area contributed by atoms with E-state index in [2.05, 4.69) is 31.7 Å². The highest BCUT2D eigenvalue weighted by Gasteiger charge is 2.01. The van der Waals surface area contributed by atoms with E-state index in [9.17, 15) is 4.79 Å². The van der Waals surface area contributed by atoms with Gasteiger partial charge < -0.3 is 4.74 Å². The maximum absolute atomic E-state index is 11.2. The van der Waals surface area contributed by atoms with E-state index >= 15 is 0 Å². The molecule has 21 heavy (non-hydrogen) atoms. The predicted octanol–water partition coefficient (Wildman–Crippen LogP) is 5.72. The molecule has 0 N–H and O–H groups in total.